The zero-order chi connectivity index (χ0) is 11.1. The lowest BCUT2D eigenvalue weighted by Crippen LogP contribution is -2.07. The lowest BCUT2D eigenvalue weighted by Gasteiger charge is -2.06. The molecule has 16 heavy (non-hydrogen) atoms. The Balaban J connectivity index is 2.18. The highest BCUT2D eigenvalue weighted by Crippen LogP contribution is 2.31. The Morgan fingerprint density at radius 2 is 2.25 bits per heavy atom. The van der Waals surface area contributed by atoms with E-state index >= 15 is 0 Å². The molecule has 84 valence electrons. The van der Waals surface area contributed by atoms with E-state index < -0.39 is 0 Å². The minimum Gasteiger partial charge on any atom is -0.350 e. The molecule has 0 aliphatic carbocycles. The Hall–Kier alpha value is -1.28. The van der Waals surface area contributed by atoms with Crippen molar-refractivity contribution in [1.82, 2.24) is 9.88 Å². The van der Waals surface area contributed by atoms with Gasteiger partial charge < -0.3 is 9.88 Å². The van der Waals surface area contributed by atoms with Crippen molar-refractivity contribution in [1.29, 1.82) is 0 Å². The van der Waals surface area contributed by atoms with Crippen LogP contribution in [0.25, 0.3) is 10.9 Å². The Morgan fingerprint density at radius 1 is 1.38 bits per heavy atom. The average molecular weight is 214 g/mol. The summed E-state index contributed by atoms with van der Waals surface area (Å²) in [6.07, 6.45) is 3.58. The summed E-state index contributed by atoms with van der Waals surface area (Å²) < 4.78 is 2.26. The van der Waals surface area contributed by atoms with Gasteiger partial charge in [0.25, 0.3) is 0 Å². The van der Waals surface area contributed by atoms with Crippen molar-refractivity contribution in [3.05, 3.63) is 35.5 Å². The second-order valence-corrected chi connectivity index (χ2v) is 4.91. The number of fused-ring (bicyclic) bond motifs is 1. The van der Waals surface area contributed by atoms with E-state index in [1.165, 1.54) is 28.5 Å². The van der Waals surface area contributed by atoms with Crippen molar-refractivity contribution in [3.63, 3.8) is 0 Å². The highest BCUT2D eigenvalue weighted by atomic mass is 14.9. The second kappa shape index (κ2) is 3.63. The number of benzene rings is 1. The number of aromatic nitrogens is 1. The third kappa shape index (κ3) is 1.45. The van der Waals surface area contributed by atoms with Crippen LogP contribution in [0, 0.1) is 6.92 Å². The first-order chi connectivity index (χ1) is 7.75. The molecule has 2 heteroatoms. The fraction of sp³-hybridized carbons (Fsp3) is 0.429. The molecular weight excluding hydrogens is 196 g/mol. The number of aryl methyl sites for hydroxylation is 2. The predicted molar refractivity (Wildman–Crippen MR) is 67.9 cm³/mol. The zero-order valence-electron chi connectivity index (χ0n) is 9.96. The molecular formula is C14H18N2. The van der Waals surface area contributed by atoms with Crippen LogP contribution in [0.15, 0.2) is 24.4 Å². The molecule has 2 heterocycles. The summed E-state index contributed by atoms with van der Waals surface area (Å²) in [6, 6.07) is 6.77. The Morgan fingerprint density at radius 3 is 3.00 bits per heavy atom. The van der Waals surface area contributed by atoms with Gasteiger partial charge in [-0.15, -0.1) is 0 Å². The van der Waals surface area contributed by atoms with Crippen LogP contribution in [0.4, 0.5) is 0 Å². The molecule has 2 aromatic rings. The summed E-state index contributed by atoms with van der Waals surface area (Å²) >= 11 is 0. The number of hydrogen-bond donors (Lipinski definition) is 1. The summed E-state index contributed by atoms with van der Waals surface area (Å²) in [7, 11) is 2.15. The zero-order valence-corrected chi connectivity index (χ0v) is 9.96. The van der Waals surface area contributed by atoms with E-state index in [0.717, 1.165) is 13.1 Å². The first-order valence-corrected chi connectivity index (χ1v) is 6.02. The summed E-state index contributed by atoms with van der Waals surface area (Å²) in [4.78, 5) is 0. The van der Waals surface area contributed by atoms with Gasteiger partial charge >= 0.3 is 0 Å². The van der Waals surface area contributed by atoms with Crippen LogP contribution in [0.2, 0.25) is 0 Å². The van der Waals surface area contributed by atoms with Gasteiger partial charge in [-0.2, -0.15) is 0 Å². The minimum absolute atomic E-state index is 0.700. The van der Waals surface area contributed by atoms with E-state index in [1.54, 1.807) is 0 Å². The number of rotatable bonds is 1. The maximum atomic E-state index is 3.45. The SMILES string of the molecule is Cc1ccc2c(C3CCNC3)cn(C)c2c1. The lowest BCUT2D eigenvalue weighted by molar-refractivity contribution is 0.763. The molecule has 1 aliphatic rings. The molecule has 1 aromatic heterocycles. The standard InChI is InChI=1S/C14H18N2/c1-10-3-4-12-13(11-5-6-15-8-11)9-16(2)14(12)7-10/h3-4,7,9,11,15H,5-6,8H2,1-2H3. The average Bonchev–Trinajstić information content (AvgIpc) is 2.87. The highest BCUT2D eigenvalue weighted by Gasteiger charge is 2.20. The molecule has 0 radical (unpaired) electrons. The first kappa shape index (κ1) is 9.91. The summed E-state index contributed by atoms with van der Waals surface area (Å²) in [5, 5.41) is 4.88. The van der Waals surface area contributed by atoms with Gasteiger partial charge in [-0.3, -0.25) is 0 Å². The summed E-state index contributed by atoms with van der Waals surface area (Å²) in [5.74, 6) is 0.700. The van der Waals surface area contributed by atoms with Gasteiger partial charge in [0.05, 0.1) is 0 Å². The molecule has 0 bridgehead atoms. The largest absolute Gasteiger partial charge is 0.350 e. The van der Waals surface area contributed by atoms with Crippen molar-refractivity contribution in [2.75, 3.05) is 13.1 Å². The Labute approximate surface area is 96.3 Å². The molecule has 1 fully saturated rings. The number of nitrogens with one attached hydrogen (secondary N) is 1. The van der Waals surface area contributed by atoms with Gasteiger partial charge in [0.1, 0.15) is 0 Å². The molecule has 0 spiro atoms. The molecule has 1 aliphatic heterocycles. The van der Waals surface area contributed by atoms with E-state index in [1.807, 2.05) is 0 Å². The Kier molecular flexibility index (Phi) is 2.25. The highest BCUT2D eigenvalue weighted by molar-refractivity contribution is 5.85. The van der Waals surface area contributed by atoms with E-state index in [9.17, 15) is 0 Å². The molecule has 0 amide bonds. The first-order valence-electron chi connectivity index (χ1n) is 6.02. The molecule has 1 N–H and O–H groups in total. The van der Waals surface area contributed by atoms with Crippen LogP contribution >= 0.6 is 0 Å². The molecule has 1 unspecified atom stereocenters. The molecule has 2 nitrogen and oxygen atoms in total. The smallest absolute Gasteiger partial charge is 0.0483 e. The maximum Gasteiger partial charge on any atom is 0.0483 e. The maximum absolute atomic E-state index is 3.45. The monoisotopic (exact) mass is 214 g/mol. The normalized spacial score (nSPS) is 20.8. The van der Waals surface area contributed by atoms with Crippen LogP contribution in [0.1, 0.15) is 23.5 Å². The quantitative estimate of drug-likeness (QED) is 0.772. The Bertz CT molecular complexity index is 519. The van der Waals surface area contributed by atoms with Gasteiger partial charge in [-0.25, -0.2) is 0 Å². The van der Waals surface area contributed by atoms with Crippen LogP contribution in [-0.2, 0) is 7.05 Å². The van der Waals surface area contributed by atoms with Crippen LogP contribution in [-0.4, -0.2) is 17.7 Å². The van der Waals surface area contributed by atoms with Gasteiger partial charge in [0.15, 0.2) is 0 Å². The third-order valence-corrected chi connectivity index (χ3v) is 3.68. The molecule has 1 atom stereocenters. The van der Waals surface area contributed by atoms with Gasteiger partial charge in [0.2, 0.25) is 0 Å². The van der Waals surface area contributed by atoms with Crippen molar-refractivity contribution in [3.8, 4) is 0 Å². The van der Waals surface area contributed by atoms with Crippen LogP contribution in [0.3, 0.4) is 0 Å². The topological polar surface area (TPSA) is 17.0 Å². The van der Waals surface area contributed by atoms with Gasteiger partial charge in [-0.05, 0) is 43.0 Å². The number of hydrogen-bond acceptors (Lipinski definition) is 1. The fourth-order valence-electron chi connectivity index (χ4n) is 2.77. The van der Waals surface area contributed by atoms with Gasteiger partial charge in [0, 0.05) is 30.7 Å². The van der Waals surface area contributed by atoms with Crippen molar-refractivity contribution in [2.45, 2.75) is 19.3 Å². The number of nitrogens with zero attached hydrogens (tertiary/aromatic N) is 1. The molecule has 1 aromatic carbocycles. The van der Waals surface area contributed by atoms with Crippen LogP contribution < -0.4 is 5.32 Å². The van der Waals surface area contributed by atoms with E-state index in [0.29, 0.717) is 5.92 Å². The van der Waals surface area contributed by atoms with E-state index in [-0.39, 0.29) is 0 Å². The molecule has 1 saturated heterocycles. The third-order valence-electron chi connectivity index (χ3n) is 3.68. The van der Waals surface area contributed by atoms with E-state index in [4.69, 9.17) is 0 Å². The molecule has 0 saturated carbocycles. The van der Waals surface area contributed by atoms with Crippen molar-refractivity contribution < 1.29 is 0 Å². The molecule has 3 rings (SSSR count). The van der Waals surface area contributed by atoms with E-state index in [2.05, 4.69) is 48.3 Å². The second-order valence-electron chi connectivity index (χ2n) is 4.91. The fourth-order valence-corrected chi connectivity index (χ4v) is 2.77. The van der Waals surface area contributed by atoms with Crippen molar-refractivity contribution in [2.24, 2.45) is 7.05 Å². The van der Waals surface area contributed by atoms with Crippen LogP contribution in [0.5, 0.6) is 0 Å². The predicted octanol–water partition coefficient (Wildman–Crippen LogP) is 2.56. The van der Waals surface area contributed by atoms with Crippen molar-refractivity contribution >= 4 is 10.9 Å². The lowest BCUT2D eigenvalue weighted by atomic mass is 9.97. The summed E-state index contributed by atoms with van der Waals surface area (Å²) in [5.41, 5.74) is 4.22. The van der Waals surface area contributed by atoms with Gasteiger partial charge in [-0.1, -0.05) is 12.1 Å². The summed E-state index contributed by atoms with van der Waals surface area (Å²) in [6.45, 7) is 4.45. The minimum atomic E-state index is 0.700.